The molecular formula is C18H24N2OS. The second kappa shape index (κ2) is 8.11. The van der Waals surface area contributed by atoms with Crippen LogP contribution in [0.2, 0.25) is 0 Å². The van der Waals surface area contributed by atoms with E-state index < -0.39 is 0 Å². The van der Waals surface area contributed by atoms with E-state index in [1.54, 1.807) is 6.07 Å². The molecule has 0 saturated heterocycles. The Kier molecular flexibility index (Phi) is 6.16. The number of carbonyl (C=O) groups excluding carboxylic acids is 1. The number of rotatable bonds is 8. The first kappa shape index (κ1) is 16.7. The van der Waals surface area contributed by atoms with Gasteiger partial charge in [0.1, 0.15) is 0 Å². The van der Waals surface area contributed by atoms with Crippen LogP contribution in [-0.2, 0) is 13.0 Å². The average Bonchev–Trinajstić information content (AvgIpc) is 2.94. The molecule has 0 aliphatic rings. The molecular weight excluding hydrogens is 292 g/mol. The highest BCUT2D eigenvalue weighted by Gasteiger charge is 2.05. The minimum atomic E-state index is -0.348. The van der Waals surface area contributed by atoms with E-state index in [4.69, 9.17) is 5.73 Å². The normalized spacial score (nSPS) is 11.0. The topological polar surface area (TPSA) is 55.1 Å². The molecule has 22 heavy (non-hydrogen) atoms. The van der Waals surface area contributed by atoms with Crippen LogP contribution in [0, 0.1) is 5.92 Å². The summed E-state index contributed by atoms with van der Waals surface area (Å²) in [5.74, 6) is 0.394. The fourth-order valence-corrected chi connectivity index (χ4v) is 3.10. The molecule has 3 nitrogen and oxygen atoms in total. The second-order valence-corrected chi connectivity index (χ2v) is 7.15. The molecule has 1 heterocycles. The van der Waals surface area contributed by atoms with Crippen molar-refractivity contribution in [3.8, 4) is 0 Å². The molecule has 1 aromatic heterocycles. The molecule has 3 N–H and O–H groups in total. The summed E-state index contributed by atoms with van der Waals surface area (Å²) in [5, 5.41) is 3.47. The SMILES string of the molecule is CC(C)CCNCc1ccc(Cc2ccc(C(N)=O)s2)cc1. The maximum atomic E-state index is 11.1. The molecule has 0 radical (unpaired) electrons. The molecule has 4 heteroatoms. The first-order valence-corrected chi connectivity index (χ1v) is 8.53. The van der Waals surface area contributed by atoms with Crippen LogP contribution in [0.3, 0.4) is 0 Å². The van der Waals surface area contributed by atoms with Crippen molar-refractivity contribution in [1.29, 1.82) is 0 Å². The van der Waals surface area contributed by atoms with Crippen LogP contribution in [0.25, 0.3) is 0 Å². The quantitative estimate of drug-likeness (QED) is 0.731. The number of benzene rings is 1. The maximum absolute atomic E-state index is 11.1. The highest BCUT2D eigenvalue weighted by Crippen LogP contribution is 2.19. The average molecular weight is 316 g/mol. The lowest BCUT2D eigenvalue weighted by atomic mass is 10.1. The predicted molar refractivity (Wildman–Crippen MR) is 93.2 cm³/mol. The monoisotopic (exact) mass is 316 g/mol. The summed E-state index contributed by atoms with van der Waals surface area (Å²) >= 11 is 1.47. The van der Waals surface area contributed by atoms with Gasteiger partial charge in [0, 0.05) is 17.8 Å². The summed E-state index contributed by atoms with van der Waals surface area (Å²) in [7, 11) is 0. The lowest BCUT2D eigenvalue weighted by Gasteiger charge is -2.07. The maximum Gasteiger partial charge on any atom is 0.258 e. The molecule has 2 rings (SSSR count). The van der Waals surface area contributed by atoms with Gasteiger partial charge in [0.05, 0.1) is 4.88 Å². The van der Waals surface area contributed by atoms with Gasteiger partial charge < -0.3 is 11.1 Å². The van der Waals surface area contributed by atoms with Crippen molar-refractivity contribution in [2.45, 2.75) is 33.2 Å². The number of amides is 1. The van der Waals surface area contributed by atoms with Crippen molar-refractivity contribution in [3.63, 3.8) is 0 Å². The zero-order valence-electron chi connectivity index (χ0n) is 13.3. The first-order valence-electron chi connectivity index (χ1n) is 7.71. The zero-order chi connectivity index (χ0) is 15.9. The van der Waals surface area contributed by atoms with Gasteiger partial charge in [-0.3, -0.25) is 4.79 Å². The Morgan fingerprint density at radius 1 is 1.14 bits per heavy atom. The summed E-state index contributed by atoms with van der Waals surface area (Å²) in [6.45, 7) is 6.46. The third-order valence-corrected chi connectivity index (χ3v) is 4.63. The Bertz CT molecular complexity index is 602. The van der Waals surface area contributed by atoms with Crippen LogP contribution < -0.4 is 11.1 Å². The summed E-state index contributed by atoms with van der Waals surface area (Å²) in [4.78, 5) is 12.9. The largest absolute Gasteiger partial charge is 0.365 e. The van der Waals surface area contributed by atoms with Gasteiger partial charge in [0.2, 0.25) is 0 Å². The van der Waals surface area contributed by atoms with E-state index in [2.05, 4.69) is 43.4 Å². The smallest absolute Gasteiger partial charge is 0.258 e. The summed E-state index contributed by atoms with van der Waals surface area (Å²) in [6.07, 6.45) is 2.05. The molecule has 0 spiro atoms. The number of thiophene rings is 1. The van der Waals surface area contributed by atoms with Crippen LogP contribution in [-0.4, -0.2) is 12.5 Å². The van der Waals surface area contributed by atoms with E-state index in [0.29, 0.717) is 4.88 Å². The van der Waals surface area contributed by atoms with Crippen molar-refractivity contribution in [1.82, 2.24) is 5.32 Å². The van der Waals surface area contributed by atoms with Crippen LogP contribution in [0.15, 0.2) is 36.4 Å². The number of hydrogen-bond donors (Lipinski definition) is 2. The number of carbonyl (C=O) groups is 1. The van der Waals surface area contributed by atoms with E-state index in [0.717, 1.165) is 30.3 Å². The second-order valence-electron chi connectivity index (χ2n) is 5.98. The van der Waals surface area contributed by atoms with Gasteiger partial charge in [-0.05, 0) is 42.1 Å². The Balaban J connectivity index is 1.84. The van der Waals surface area contributed by atoms with Crippen LogP contribution in [0.5, 0.6) is 0 Å². The molecule has 1 aromatic carbocycles. The van der Waals surface area contributed by atoms with Gasteiger partial charge in [-0.2, -0.15) is 0 Å². The van der Waals surface area contributed by atoms with Crippen LogP contribution >= 0.6 is 11.3 Å². The van der Waals surface area contributed by atoms with E-state index >= 15 is 0 Å². The first-order chi connectivity index (χ1) is 10.5. The molecule has 0 fully saturated rings. The summed E-state index contributed by atoms with van der Waals surface area (Å²) in [6, 6.07) is 12.4. The molecule has 0 atom stereocenters. The lowest BCUT2D eigenvalue weighted by molar-refractivity contribution is 0.100. The number of primary amides is 1. The molecule has 118 valence electrons. The fourth-order valence-electron chi connectivity index (χ4n) is 2.20. The van der Waals surface area contributed by atoms with Gasteiger partial charge in [-0.1, -0.05) is 38.1 Å². The standard InChI is InChI=1S/C18H24N2OS/c1-13(2)9-10-20-12-15-5-3-14(4-6-15)11-16-7-8-17(22-16)18(19)21/h3-8,13,20H,9-12H2,1-2H3,(H2,19,21). The van der Waals surface area contributed by atoms with E-state index in [1.165, 1.54) is 28.9 Å². The molecule has 0 saturated carbocycles. The van der Waals surface area contributed by atoms with Gasteiger partial charge >= 0.3 is 0 Å². The lowest BCUT2D eigenvalue weighted by Crippen LogP contribution is -2.16. The van der Waals surface area contributed by atoms with Crippen molar-refractivity contribution in [2.24, 2.45) is 11.7 Å². The molecule has 0 unspecified atom stereocenters. The predicted octanol–water partition coefficient (Wildman–Crippen LogP) is 3.57. The van der Waals surface area contributed by atoms with Crippen LogP contribution in [0.1, 0.15) is 45.9 Å². The number of hydrogen-bond acceptors (Lipinski definition) is 3. The Morgan fingerprint density at radius 3 is 2.41 bits per heavy atom. The highest BCUT2D eigenvalue weighted by atomic mass is 32.1. The third-order valence-electron chi connectivity index (χ3n) is 3.53. The summed E-state index contributed by atoms with van der Waals surface area (Å²) < 4.78 is 0. The van der Waals surface area contributed by atoms with Crippen molar-refractivity contribution in [2.75, 3.05) is 6.54 Å². The minimum absolute atomic E-state index is 0.348. The van der Waals surface area contributed by atoms with Crippen molar-refractivity contribution in [3.05, 3.63) is 57.3 Å². The number of nitrogens with one attached hydrogen (secondary N) is 1. The molecule has 1 amide bonds. The Morgan fingerprint density at radius 2 is 1.82 bits per heavy atom. The molecule has 2 aromatic rings. The van der Waals surface area contributed by atoms with Crippen molar-refractivity contribution < 1.29 is 4.79 Å². The zero-order valence-corrected chi connectivity index (χ0v) is 14.1. The third kappa shape index (κ3) is 5.28. The summed E-state index contributed by atoms with van der Waals surface area (Å²) in [5.41, 5.74) is 7.84. The Labute approximate surface area is 136 Å². The fraction of sp³-hybridized carbons (Fsp3) is 0.389. The minimum Gasteiger partial charge on any atom is -0.365 e. The van der Waals surface area contributed by atoms with Gasteiger partial charge in [-0.15, -0.1) is 11.3 Å². The van der Waals surface area contributed by atoms with E-state index in [-0.39, 0.29) is 5.91 Å². The highest BCUT2D eigenvalue weighted by molar-refractivity contribution is 7.14. The van der Waals surface area contributed by atoms with Gasteiger partial charge in [-0.25, -0.2) is 0 Å². The Hall–Kier alpha value is -1.65. The molecule has 0 aliphatic heterocycles. The van der Waals surface area contributed by atoms with Gasteiger partial charge in [0.25, 0.3) is 5.91 Å². The van der Waals surface area contributed by atoms with E-state index in [9.17, 15) is 4.79 Å². The van der Waals surface area contributed by atoms with E-state index in [1.807, 2.05) is 6.07 Å². The number of nitrogens with two attached hydrogens (primary N) is 1. The van der Waals surface area contributed by atoms with Crippen LogP contribution in [0.4, 0.5) is 0 Å². The van der Waals surface area contributed by atoms with Crippen molar-refractivity contribution >= 4 is 17.2 Å². The molecule has 0 aliphatic carbocycles. The molecule has 0 bridgehead atoms. The van der Waals surface area contributed by atoms with Gasteiger partial charge in [0.15, 0.2) is 0 Å².